The molecular formula is C22H20N4O4. The van der Waals surface area contributed by atoms with Crippen molar-refractivity contribution < 1.29 is 19.1 Å². The number of anilines is 1. The lowest BCUT2D eigenvalue weighted by Crippen LogP contribution is -2.23. The Hall–Kier alpha value is -3.94. The van der Waals surface area contributed by atoms with Gasteiger partial charge in [-0.05, 0) is 42.7 Å². The maximum Gasteiger partial charge on any atom is 0.358 e. The minimum atomic E-state index is -0.638. The zero-order chi connectivity index (χ0) is 21.1. The zero-order valence-corrected chi connectivity index (χ0v) is 16.3. The fourth-order valence-corrected chi connectivity index (χ4v) is 3.37. The van der Waals surface area contributed by atoms with Crippen molar-refractivity contribution in [1.82, 2.24) is 15.1 Å². The van der Waals surface area contributed by atoms with E-state index < -0.39 is 11.9 Å². The summed E-state index contributed by atoms with van der Waals surface area (Å²) in [6, 6.07) is 15.7. The molecule has 3 aromatic rings. The number of esters is 1. The maximum atomic E-state index is 13.0. The Morgan fingerprint density at radius 3 is 2.70 bits per heavy atom. The van der Waals surface area contributed by atoms with Crippen molar-refractivity contribution in [1.29, 1.82) is 0 Å². The van der Waals surface area contributed by atoms with Gasteiger partial charge >= 0.3 is 5.97 Å². The topological polar surface area (TPSA) is 102 Å². The zero-order valence-electron chi connectivity index (χ0n) is 16.3. The number of rotatable bonds is 4. The van der Waals surface area contributed by atoms with Gasteiger partial charge in [0, 0.05) is 23.9 Å². The van der Waals surface area contributed by atoms with Gasteiger partial charge in [0.1, 0.15) is 5.69 Å². The van der Waals surface area contributed by atoms with Gasteiger partial charge in [0.15, 0.2) is 5.69 Å². The largest absolute Gasteiger partial charge is 0.464 e. The highest BCUT2D eigenvalue weighted by atomic mass is 16.5. The fraction of sp³-hybridized carbons (Fsp3) is 0.182. The van der Waals surface area contributed by atoms with Gasteiger partial charge in [-0.2, -0.15) is 5.10 Å². The number of fused-ring (bicyclic) bond motifs is 1. The molecule has 1 aliphatic rings. The molecule has 0 spiro atoms. The second kappa shape index (κ2) is 8.20. The average Bonchev–Trinajstić information content (AvgIpc) is 3.14. The van der Waals surface area contributed by atoms with Crippen molar-refractivity contribution in [3.63, 3.8) is 0 Å². The van der Waals surface area contributed by atoms with E-state index in [1.165, 1.54) is 17.9 Å². The van der Waals surface area contributed by atoms with Crippen molar-refractivity contribution in [3.8, 4) is 5.69 Å². The molecule has 2 N–H and O–H groups in total. The first-order chi connectivity index (χ1) is 14.6. The summed E-state index contributed by atoms with van der Waals surface area (Å²) in [4.78, 5) is 37.2. The Morgan fingerprint density at radius 1 is 1.13 bits per heavy atom. The third-order valence-electron chi connectivity index (χ3n) is 4.86. The van der Waals surface area contributed by atoms with Gasteiger partial charge in [0.25, 0.3) is 11.8 Å². The van der Waals surface area contributed by atoms with Crippen LogP contribution in [0.5, 0.6) is 0 Å². The fourth-order valence-electron chi connectivity index (χ4n) is 3.37. The van der Waals surface area contributed by atoms with Gasteiger partial charge in [-0.15, -0.1) is 0 Å². The minimum Gasteiger partial charge on any atom is -0.464 e. The maximum absolute atomic E-state index is 13.0. The number of carbonyl (C=O) groups is 3. The number of amides is 2. The van der Waals surface area contributed by atoms with Crippen molar-refractivity contribution in [2.75, 3.05) is 19.0 Å². The predicted molar refractivity (Wildman–Crippen MR) is 110 cm³/mol. The van der Waals surface area contributed by atoms with Crippen LogP contribution in [0.2, 0.25) is 0 Å². The summed E-state index contributed by atoms with van der Waals surface area (Å²) in [5.74, 6) is -1.25. The van der Waals surface area contributed by atoms with Crippen LogP contribution < -0.4 is 10.6 Å². The van der Waals surface area contributed by atoms with E-state index in [1.807, 2.05) is 24.3 Å². The minimum absolute atomic E-state index is 0.0211. The van der Waals surface area contributed by atoms with Crippen LogP contribution in [0.4, 0.5) is 5.69 Å². The van der Waals surface area contributed by atoms with Crippen molar-refractivity contribution in [2.24, 2.45) is 0 Å². The third-order valence-corrected chi connectivity index (χ3v) is 4.86. The van der Waals surface area contributed by atoms with Crippen molar-refractivity contribution in [2.45, 2.75) is 12.8 Å². The normalized spacial score (nSPS) is 13.0. The van der Waals surface area contributed by atoms with Crippen molar-refractivity contribution in [3.05, 3.63) is 77.1 Å². The molecule has 0 aliphatic carbocycles. The molecule has 0 radical (unpaired) electrons. The molecule has 0 saturated carbocycles. The molecule has 8 heteroatoms. The molecule has 4 rings (SSSR count). The van der Waals surface area contributed by atoms with Crippen molar-refractivity contribution >= 4 is 23.5 Å². The first kappa shape index (κ1) is 19.4. The van der Waals surface area contributed by atoms with Crippen LogP contribution >= 0.6 is 0 Å². The van der Waals surface area contributed by atoms with E-state index in [-0.39, 0.29) is 17.3 Å². The first-order valence-electron chi connectivity index (χ1n) is 9.53. The third kappa shape index (κ3) is 3.80. The van der Waals surface area contributed by atoms with Crippen LogP contribution in [-0.2, 0) is 11.2 Å². The molecular weight excluding hydrogens is 384 g/mol. The van der Waals surface area contributed by atoms with Crippen LogP contribution in [0.3, 0.4) is 0 Å². The standard InChI is InChI=1S/C22H20N4O4/c1-30-22(29)18-13-19(26(25-18)16-7-3-2-4-8-16)21(28)24-15-10-9-14-6-5-11-23-20(27)17(14)12-15/h2-4,7-10,12-13H,5-6,11H2,1H3,(H,23,27)(H,24,28). The van der Waals surface area contributed by atoms with E-state index >= 15 is 0 Å². The van der Waals surface area contributed by atoms with E-state index in [0.29, 0.717) is 23.5 Å². The van der Waals surface area contributed by atoms with E-state index in [2.05, 4.69) is 15.7 Å². The lowest BCUT2D eigenvalue weighted by Gasteiger charge is -2.11. The van der Waals surface area contributed by atoms with Gasteiger partial charge in [-0.1, -0.05) is 24.3 Å². The van der Waals surface area contributed by atoms with Gasteiger partial charge in [0.05, 0.1) is 12.8 Å². The lowest BCUT2D eigenvalue weighted by molar-refractivity contribution is 0.0593. The molecule has 0 fully saturated rings. The summed E-state index contributed by atoms with van der Waals surface area (Å²) in [5.41, 5.74) is 2.80. The van der Waals surface area contributed by atoms with Crippen LogP contribution in [0, 0.1) is 0 Å². The Bertz CT molecular complexity index is 1120. The number of nitrogens with one attached hydrogen (secondary N) is 2. The highest BCUT2D eigenvalue weighted by Gasteiger charge is 2.22. The Morgan fingerprint density at radius 2 is 1.93 bits per heavy atom. The van der Waals surface area contributed by atoms with Gasteiger partial charge < -0.3 is 15.4 Å². The number of carbonyl (C=O) groups excluding carboxylic acids is 3. The highest BCUT2D eigenvalue weighted by Crippen LogP contribution is 2.21. The monoisotopic (exact) mass is 404 g/mol. The van der Waals surface area contributed by atoms with Gasteiger partial charge in [-0.3, -0.25) is 9.59 Å². The number of aryl methyl sites for hydroxylation is 1. The van der Waals surface area contributed by atoms with Crippen LogP contribution in [0.1, 0.15) is 43.3 Å². The Kier molecular flexibility index (Phi) is 5.30. The molecule has 2 aromatic carbocycles. The lowest BCUT2D eigenvalue weighted by atomic mass is 10.0. The predicted octanol–water partition coefficient (Wildman–Crippen LogP) is 2.59. The number of ether oxygens (including phenoxy) is 1. The van der Waals surface area contributed by atoms with Gasteiger partial charge in [0.2, 0.25) is 0 Å². The number of hydrogen-bond donors (Lipinski definition) is 2. The summed E-state index contributed by atoms with van der Waals surface area (Å²) in [6.45, 7) is 0.627. The molecule has 2 amide bonds. The van der Waals surface area contributed by atoms with Gasteiger partial charge in [-0.25, -0.2) is 9.48 Å². The quantitative estimate of drug-likeness (QED) is 0.651. The molecule has 0 atom stereocenters. The molecule has 1 aromatic heterocycles. The molecule has 1 aliphatic heterocycles. The molecule has 0 bridgehead atoms. The number of hydrogen-bond acceptors (Lipinski definition) is 5. The summed E-state index contributed by atoms with van der Waals surface area (Å²) in [6.07, 6.45) is 1.67. The molecule has 8 nitrogen and oxygen atoms in total. The Labute approximate surface area is 172 Å². The highest BCUT2D eigenvalue weighted by molar-refractivity contribution is 6.06. The summed E-state index contributed by atoms with van der Waals surface area (Å²) in [5, 5.41) is 9.87. The smallest absolute Gasteiger partial charge is 0.358 e. The second-order valence-electron chi connectivity index (χ2n) is 6.84. The Balaban J connectivity index is 1.67. The van der Waals surface area contributed by atoms with Crippen LogP contribution in [0.25, 0.3) is 5.69 Å². The molecule has 0 saturated heterocycles. The summed E-state index contributed by atoms with van der Waals surface area (Å²) in [7, 11) is 1.25. The number of benzene rings is 2. The van der Waals surface area contributed by atoms with E-state index in [0.717, 1.165) is 18.4 Å². The van der Waals surface area contributed by atoms with Crippen LogP contribution in [0.15, 0.2) is 54.6 Å². The number of aromatic nitrogens is 2. The average molecular weight is 404 g/mol. The van der Waals surface area contributed by atoms with E-state index in [9.17, 15) is 14.4 Å². The van der Waals surface area contributed by atoms with E-state index in [4.69, 9.17) is 4.74 Å². The molecule has 0 unspecified atom stereocenters. The number of nitrogens with zero attached hydrogens (tertiary/aromatic N) is 2. The molecule has 152 valence electrons. The summed E-state index contributed by atoms with van der Waals surface area (Å²) >= 11 is 0. The summed E-state index contributed by atoms with van der Waals surface area (Å²) < 4.78 is 6.12. The number of para-hydroxylation sites is 1. The second-order valence-corrected chi connectivity index (χ2v) is 6.84. The molecule has 30 heavy (non-hydrogen) atoms. The van der Waals surface area contributed by atoms with Crippen LogP contribution in [-0.4, -0.2) is 41.2 Å². The SMILES string of the molecule is COC(=O)c1cc(C(=O)Nc2ccc3c(c2)C(=O)NCCC3)n(-c2ccccc2)n1. The molecule has 2 heterocycles. The first-order valence-corrected chi connectivity index (χ1v) is 9.53. The number of methoxy groups -OCH3 is 1. The van der Waals surface area contributed by atoms with E-state index in [1.54, 1.807) is 24.3 Å².